The largest absolute Gasteiger partial charge is 0.488 e. The van der Waals surface area contributed by atoms with Crippen molar-refractivity contribution in [3.8, 4) is 5.75 Å². The highest BCUT2D eigenvalue weighted by molar-refractivity contribution is 9.10. The van der Waals surface area contributed by atoms with Gasteiger partial charge in [-0.15, -0.1) is 0 Å². The summed E-state index contributed by atoms with van der Waals surface area (Å²) in [6, 6.07) is 11.6. The first kappa shape index (κ1) is 17.8. The number of likely N-dealkylation sites (N-methyl/N-ethyl adjacent to an activating group) is 1. The number of ether oxygens (including phenoxy) is 1. The molecule has 0 radical (unpaired) electrons. The van der Waals surface area contributed by atoms with Crippen molar-refractivity contribution >= 4 is 33.4 Å². The maximum Gasteiger partial charge on any atom is 0.224 e. The molecule has 5 heteroatoms. The highest BCUT2D eigenvalue weighted by Gasteiger charge is 2.12. The topological polar surface area (TPSA) is 38.3 Å². The van der Waals surface area contributed by atoms with E-state index in [1.54, 1.807) is 7.05 Å². The highest BCUT2D eigenvalue weighted by Crippen LogP contribution is 2.29. The zero-order chi connectivity index (χ0) is 16.8. The molecule has 0 saturated heterocycles. The van der Waals surface area contributed by atoms with Crippen molar-refractivity contribution in [3.63, 3.8) is 0 Å². The summed E-state index contributed by atoms with van der Waals surface area (Å²) in [6.07, 6.45) is 1.26. The Morgan fingerprint density at radius 2 is 2.09 bits per heavy atom. The maximum atomic E-state index is 11.6. The van der Waals surface area contributed by atoms with Crippen LogP contribution in [0.25, 0.3) is 0 Å². The lowest BCUT2D eigenvalue weighted by Gasteiger charge is -2.14. The molecule has 0 aliphatic rings. The summed E-state index contributed by atoms with van der Waals surface area (Å²) in [5, 5.41) is 3.23. The lowest BCUT2D eigenvalue weighted by atomic mass is 10.0. The molecule has 0 atom stereocenters. The minimum atomic E-state index is -0.0537. The molecule has 0 aliphatic carbocycles. The zero-order valence-electron chi connectivity index (χ0n) is 13.2. The second-order valence-electron chi connectivity index (χ2n) is 5.13. The van der Waals surface area contributed by atoms with Crippen LogP contribution in [0.15, 0.2) is 40.9 Å². The molecule has 2 aromatic carbocycles. The minimum Gasteiger partial charge on any atom is -0.488 e. The van der Waals surface area contributed by atoms with Crippen molar-refractivity contribution < 1.29 is 9.53 Å². The van der Waals surface area contributed by atoms with E-state index < -0.39 is 0 Å². The van der Waals surface area contributed by atoms with E-state index in [-0.39, 0.29) is 12.3 Å². The molecule has 0 aliphatic heterocycles. The first-order valence-electron chi connectivity index (χ1n) is 7.43. The van der Waals surface area contributed by atoms with E-state index in [1.165, 1.54) is 5.56 Å². The number of amides is 1. The number of nitrogens with one attached hydrogen (secondary N) is 1. The number of aryl methyl sites for hydroxylation is 1. The number of rotatable bonds is 6. The normalized spacial score (nSPS) is 10.4. The van der Waals surface area contributed by atoms with E-state index in [0.29, 0.717) is 11.6 Å². The monoisotopic (exact) mass is 395 g/mol. The van der Waals surface area contributed by atoms with Crippen molar-refractivity contribution in [1.82, 2.24) is 5.32 Å². The summed E-state index contributed by atoms with van der Waals surface area (Å²) in [5.74, 6) is 0.704. The number of carbonyl (C=O) groups excluding carboxylic acids is 1. The average molecular weight is 397 g/mol. The molecule has 2 rings (SSSR count). The molecule has 2 aromatic rings. The van der Waals surface area contributed by atoms with Crippen molar-refractivity contribution in [3.05, 3.63) is 62.6 Å². The Labute approximate surface area is 150 Å². The number of hydrogen-bond acceptors (Lipinski definition) is 2. The van der Waals surface area contributed by atoms with Gasteiger partial charge in [0.15, 0.2) is 0 Å². The Hall–Kier alpha value is -1.52. The molecule has 1 N–H and O–H groups in total. The summed E-state index contributed by atoms with van der Waals surface area (Å²) >= 11 is 9.81. The van der Waals surface area contributed by atoms with Crippen molar-refractivity contribution in [1.29, 1.82) is 0 Å². The standard InChI is InChI=1S/C18H19BrClNO2/c1-3-12-7-8-17(15(19)9-12)23-11-14-13(10-18(22)21-2)5-4-6-16(14)20/h4-9H,3,10-11H2,1-2H3,(H,21,22). The zero-order valence-corrected chi connectivity index (χ0v) is 15.5. The van der Waals surface area contributed by atoms with Crippen LogP contribution in [0.4, 0.5) is 0 Å². The Morgan fingerprint density at radius 3 is 2.74 bits per heavy atom. The molecule has 122 valence electrons. The van der Waals surface area contributed by atoms with Gasteiger partial charge in [0.1, 0.15) is 12.4 Å². The smallest absolute Gasteiger partial charge is 0.224 e. The highest BCUT2D eigenvalue weighted by atomic mass is 79.9. The molecule has 0 spiro atoms. The molecule has 23 heavy (non-hydrogen) atoms. The number of hydrogen-bond donors (Lipinski definition) is 1. The van der Waals surface area contributed by atoms with E-state index in [1.807, 2.05) is 36.4 Å². The summed E-state index contributed by atoms with van der Waals surface area (Å²) in [6.45, 7) is 2.42. The van der Waals surface area contributed by atoms with Gasteiger partial charge in [0, 0.05) is 17.6 Å². The molecule has 0 aromatic heterocycles. The van der Waals surface area contributed by atoms with Crippen LogP contribution in [0.3, 0.4) is 0 Å². The van der Waals surface area contributed by atoms with Crippen molar-refractivity contribution in [2.45, 2.75) is 26.4 Å². The fourth-order valence-electron chi connectivity index (χ4n) is 2.22. The molecule has 0 fully saturated rings. The Bertz CT molecular complexity index is 703. The second kappa shape index (κ2) is 8.37. The molecular formula is C18H19BrClNO2. The molecular weight excluding hydrogens is 378 g/mol. The fraction of sp³-hybridized carbons (Fsp3) is 0.278. The third-order valence-corrected chi connectivity index (χ3v) is 4.60. The van der Waals surface area contributed by atoms with E-state index >= 15 is 0 Å². The first-order chi connectivity index (χ1) is 11.0. The van der Waals surface area contributed by atoms with Crippen LogP contribution in [-0.2, 0) is 24.2 Å². The van der Waals surface area contributed by atoms with Gasteiger partial charge in [-0.2, -0.15) is 0 Å². The van der Waals surface area contributed by atoms with Crippen LogP contribution in [0.5, 0.6) is 5.75 Å². The third-order valence-electron chi connectivity index (χ3n) is 3.62. The van der Waals surface area contributed by atoms with Crippen LogP contribution in [0.1, 0.15) is 23.6 Å². The van der Waals surface area contributed by atoms with Gasteiger partial charge in [0.2, 0.25) is 5.91 Å². The summed E-state index contributed by atoms with van der Waals surface area (Å²) in [7, 11) is 1.62. The predicted molar refractivity (Wildman–Crippen MR) is 97.1 cm³/mol. The van der Waals surface area contributed by atoms with E-state index in [4.69, 9.17) is 16.3 Å². The van der Waals surface area contributed by atoms with Crippen molar-refractivity contribution in [2.75, 3.05) is 7.05 Å². The SMILES string of the molecule is CCc1ccc(OCc2c(Cl)cccc2CC(=O)NC)c(Br)c1. The minimum absolute atomic E-state index is 0.0537. The third kappa shape index (κ3) is 4.72. The van der Waals surface area contributed by atoms with Crippen LogP contribution in [-0.4, -0.2) is 13.0 Å². The molecule has 0 saturated carbocycles. The van der Waals surface area contributed by atoms with E-state index in [0.717, 1.165) is 27.8 Å². The van der Waals surface area contributed by atoms with Gasteiger partial charge in [0.25, 0.3) is 0 Å². The van der Waals surface area contributed by atoms with Gasteiger partial charge in [-0.1, -0.05) is 36.7 Å². The number of benzene rings is 2. The summed E-state index contributed by atoms with van der Waals surface area (Å²) < 4.78 is 6.81. The Balaban J connectivity index is 2.18. The van der Waals surface area contributed by atoms with Gasteiger partial charge in [0.05, 0.1) is 10.9 Å². The average Bonchev–Trinajstić information content (AvgIpc) is 2.55. The van der Waals surface area contributed by atoms with E-state index in [9.17, 15) is 4.79 Å². The Morgan fingerprint density at radius 1 is 1.30 bits per heavy atom. The number of carbonyl (C=O) groups is 1. The molecule has 1 amide bonds. The lowest BCUT2D eigenvalue weighted by molar-refractivity contribution is -0.119. The molecule has 0 bridgehead atoms. The summed E-state index contributed by atoms with van der Waals surface area (Å²) in [4.78, 5) is 11.6. The number of halogens is 2. The molecule has 3 nitrogen and oxygen atoms in total. The van der Waals surface area contributed by atoms with E-state index in [2.05, 4.69) is 28.2 Å². The fourth-order valence-corrected chi connectivity index (χ4v) is 3.01. The molecule has 0 heterocycles. The molecule has 0 unspecified atom stereocenters. The van der Waals surface area contributed by atoms with Crippen LogP contribution >= 0.6 is 27.5 Å². The second-order valence-corrected chi connectivity index (χ2v) is 6.40. The van der Waals surface area contributed by atoms with Gasteiger partial charge in [-0.05, 0) is 51.7 Å². The quantitative estimate of drug-likeness (QED) is 0.779. The predicted octanol–water partition coefficient (Wildman–Crippen LogP) is 4.53. The van der Waals surface area contributed by atoms with Crippen molar-refractivity contribution in [2.24, 2.45) is 0 Å². The van der Waals surface area contributed by atoms with Gasteiger partial charge in [-0.3, -0.25) is 4.79 Å². The maximum absolute atomic E-state index is 11.6. The Kier molecular flexibility index (Phi) is 6.48. The van der Waals surface area contributed by atoms with Gasteiger partial charge < -0.3 is 10.1 Å². The summed E-state index contributed by atoms with van der Waals surface area (Å²) in [5.41, 5.74) is 2.95. The van der Waals surface area contributed by atoms with Crippen LogP contribution in [0, 0.1) is 0 Å². The van der Waals surface area contributed by atoms with Crippen LogP contribution in [0.2, 0.25) is 5.02 Å². The van der Waals surface area contributed by atoms with Gasteiger partial charge >= 0.3 is 0 Å². The lowest BCUT2D eigenvalue weighted by Crippen LogP contribution is -2.21. The first-order valence-corrected chi connectivity index (χ1v) is 8.60. The van der Waals surface area contributed by atoms with Gasteiger partial charge in [-0.25, -0.2) is 0 Å². The van der Waals surface area contributed by atoms with Crippen LogP contribution < -0.4 is 10.1 Å².